The number of aliphatic hydroxyl groups is 1. The van der Waals surface area contributed by atoms with E-state index in [0.717, 1.165) is 28.9 Å². The van der Waals surface area contributed by atoms with E-state index >= 15 is 0 Å². The van der Waals surface area contributed by atoms with Crippen LogP contribution in [0, 0.1) is 34.4 Å². The zero-order valence-electron chi connectivity index (χ0n) is 17.1. The standard InChI is InChI=1S/C26H20FN3O/c1-25-15-20-17-29-30(23-8-6-22(27)7-9-23)24(20)14-21(25)11-13-26(25,31)12-10-18-4-2-3-5-19(18)16-28/h2-9,14,17,31H,11,13,15H2,1H3. The van der Waals surface area contributed by atoms with Crippen LogP contribution in [0.5, 0.6) is 0 Å². The Balaban J connectivity index is 1.53. The van der Waals surface area contributed by atoms with Gasteiger partial charge in [-0.15, -0.1) is 0 Å². The molecule has 1 heterocycles. The lowest BCUT2D eigenvalue weighted by molar-refractivity contribution is 0.0153. The molecule has 0 aliphatic heterocycles. The second-order valence-corrected chi connectivity index (χ2v) is 8.39. The van der Waals surface area contributed by atoms with Crippen LogP contribution in [-0.4, -0.2) is 20.5 Å². The first-order valence-corrected chi connectivity index (χ1v) is 10.2. The number of nitriles is 1. The van der Waals surface area contributed by atoms with Crippen LogP contribution in [0.4, 0.5) is 4.39 Å². The van der Waals surface area contributed by atoms with Gasteiger partial charge in [0.05, 0.1) is 23.1 Å². The van der Waals surface area contributed by atoms with E-state index in [9.17, 15) is 14.8 Å². The van der Waals surface area contributed by atoms with Gasteiger partial charge in [-0.3, -0.25) is 0 Å². The van der Waals surface area contributed by atoms with E-state index in [-0.39, 0.29) is 5.82 Å². The van der Waals surface area contributed by atoms with Gasteiger partial charge in [-0.25, -0.2) is 9.07 Å². The third kappa shape index (κ3) is 2.98. The quantitative estimate of drug-likeness (QED) is 0.606. The average molecular weight is 409 g/mol. The molecule has 1 saturated carbocycles. The highest BCUT2D eigenvalue weighted by molar-refractivity contribution is 5.64. The molecule has 5 heteroatoms. The first-order valence-electron chi connectivity index (χ1n) is 10.2. The molecule has 1 aromatic heterocycles. The Labute approximate surface area is 180 Å². The summed E-state index contributed by atoms with van der Waals surface area (Å²) in [5.74, 6) is 5.88. The van der Waals surface area contributed by atoms with Gasteiger partial charge in [-0.1, -0.05) is 36.5 Å². The van der Waals surface area contributed by atoms with Gasteiger partial charge in [0.25, 0.3) is 0 Å². The maximum atomic E-state index is 13.3. The van der Waals surface area contributed by atoms with Crippen molar-refractivity contribution in [2.75, 3.05) is 0 Å². The minimum Gasteiger partial charge on any atom is -0.377 e. The Bertz CT molecular complexity index is 1320. The highest BCUT2D eigenvalue weighted by Gasteiger charge is 2.54. The van der Waals surface area contributed by atoms with Crippen molar-refractivity contribution in [2.45, 2.75) is 31.8 Å². The first-order chi connectivity index (χ1) is 14.9. The number of halogens is 1. The Kier molecular flexibility index (Phi) is 4.32. The van der Waals surface area contributed by atoms with Gasteiger partial charge in [-0.05, 0) is 67.3 Å². The smallest absolute Gasteiger partial charge is 0.135 e. The van der Waals surface area contributed by atoms with Crippen molar-refractivity contribution < 1.29 is 9.50 Å². The van der Waals surface area contributed by atoms with Crippen LogP contribution in [-0.2, 0) is 6.42 Å². The van der Waals surface area contributed by atoms with Crippen LogP contribution in [0.3, 0.4) is 0 Å². The fourth-order valence-corrected chi connectivity index (χ4v) is 4.70. The van der Waals surface area contributed by atoms with Gasteiger partial charge in [-0.2, -0.15) is 10.4 Å². The first kappa shape index (κ1) is 19.3. The normalized spacial score (nSPS) is 23.7. The highest BCUT2D eigenvalue weighted by atomic mass is 19.1. The summed E-state index contributed by atoms with van der Waals surface area (Å²) in [4.78, 5) is 0. The van der Waals surface area contributed by atoms with Gasteiger partial charge >= 0.3 is 0 Å². The van der Waals surface area contributed by atoms with Crippen LogP contribution >= 0.6 is 0 Å². The molecule has 0 radical (unpaired) electrons. The Morgan fingerprint density at radius 2 is 1.87 bits per heavy atom. The number of fused-ring (bicyclic) bond motifs is 2. The second-order valence-electron chi connectivity index (χ2n) is 8.39. The molecule has 2 atom stereocenters. The highest BCUT2D eigenvalue weighted by Crippen LogP contribution is 2.55. The lowest BCUT2D eigenvalue weighted by Crippen LogP contribution is -2.44. The topological polar surface area (TPSA) is 61.8 Å². The van der Waals surface area contributed by atoms with Crippen LogP contribution in [0.1, 0.15) is 42.1 Å². The van der Waals surface area contributed by atoms with E-state index in [0.29, 0.717) is 24.0 Å². The third-order valence-electron chi connectivity index (χ3n) is 6.64. The molecule has 2 unspecified atom stereocenters. The summed E-state index contributed by atoms with van der Waals surface area (Å²) in [7, 11) is 0. The van der Waals surface area contributed by atoms with Gasteiger partial charge in [0.2, 0.25) is 0 Å². The third-order valence-corrected chi connectivity index (χ3v) is 6.64. The summed E-state index contributed by atoms with van der Waals surface area (Å²) in [6.07, 6.45) is 5.79. The monoisotopic (exact) mass is 409 g/mol. The largest absolute Gasteiger partial charge is 0.377 e. The van der Waals surface area contributed by atoms with Crippen molar-refractivity contribution >= 4 is 6.08 Å². The molecule has 4 nitrogen and oxygen atoms in total. The van der Waals surface area contributed by atoms with E-state index in [1.807, 2.05) is 16.9 Å². The number of benzene rings is 2. The molecule has 2 aromatic carbocycles. The van der Waals surface area contributed by atoms with Gasteiger partial charge in [0, 0.05) is 11.0 Å². The van der Waals surface area contributed by atoms with Crippen molar-refractivity contribution in [3.05, 3.63) is 88.5 Å². The Hall–Kier alpha value is -3.67. The number of rotatable bonds is 1. The van der Waals surface area contributed by atoms with E-state index in [2.05, 4.69) is 36.0 Å². The van der Waals surface area contributed by atoms with Crippen LogP contribution in [0.25, 0.3) is 11.8 Å². The number of hydrogen-bond acceptors (Lipinski definition) is 3. The Morgan fingerprint density at radius 1 is 1.13 bits per heavy atom. The molecule has 31 heavy (non-hydrogen) atoms. The molecule has 2 aliphatic rings. The van der Waals surface area contributed by atoms with Gasteiger partial charge in [0.1, 0.15) is 17.5 Å². The average Bonchev–Trinajstić information content (AvgIpc) is 3.29. The number of nitrogens with zero attached hydrogens (tertiary/aromatic N) is 3. The molecule has 0 amide bonds. The summed E-state index contributed by atoms with van der Waals surface area (Å²) in [5, 5.41) is 25.4. The second kappa shape index (κ2) is 6.94. The van der Waals surface area contributed by atoms with E-state index in [1.165, 1.54) is 12.1 Å². The molecule has 0 bridgehead atoms. The maximum Gasteiger partial charge on any atom is 0.135 e. The predicted octanol–water partition coefficient (Wildman–Crippen LogP) is 4.41. The van der Waals surface area contributed by atoms with Crippen molar-refractivity contribution in [3.8, 4) is 23.6 Å². The molecule has 5 rings (SSSR count). The molecule has 2 aliphatic carbocycles. The molecular formula is C26H20FN3O. The zero-order chi connectivity index (χ0) is 21.6. The summed E-state index contributed by atoms with van der Waals surface area (Å²) >= 11 is 0. The van der Waals surface area contributed by atoms with E-state index in [1.54, 1.807) is 30.3 Å². The van der Waals surface area contributed by atoms with Crippen LogP contribution in [0.15, 0.2) is 60.3 Å². The van der Waals surface area contributed by atoms with E-state index < -0.39 is 11.0 Å². The van der Waals surface area contributed by atoms with Gasteiger partial charge in [0.15, 0.2) is 0 Å². The molecule has 0 saturated heterocycles. The predicted molar refractivity (Wildman–Crippen MR) is 116 cm³/mol. The molecular weight excluding hydrogens is 389 g/mol. The van der Waals surface area contributed by atoms with Crippen molar-refractivity contribution in [3.63, 3.8) is 0 Å². The molecule has 1 fully saturated rings. The maximum absolute atomic E-state index is 13.3. The molecule has 3 aromatic rings. The summed E-state index contributed by atoms with van der Waals surface area (Å²) in [6, 6.07) is 15.6. The minimum atomic E-state index is -1.20. The fraction of sp³-hybridized carbons (Fsp3) is 0.231. The van der Waals surface area contributed by atoms with Crippen LogP contribution < -0.4 is 0 Å². The molecule has 1 N–H and O–H groups in total. The SMILES string of the molecule is CC12Cc3cnn(-c4ccc(F)cc4)c3C=C1CCC2(O)C#Cc1ccccc1C#N. The summed E-state index contributed by atoms with van der Waals surface area (Å²) in [5.41, 5.74) is 3.31. The summed E-state index contributed by atoms with van der Waals surface area (Å²) in [6.45, 7) is 2.05. The van der Waals surface area contributed by atoms with Crippen molar-refractivity contribution in [2.24, 2.45) is 5.41 Å². The lowest BCUT2D eigenvalue weighted by atomic mass is 9.67. The van der Waals surface area contributed by atoms with Crippen LogP contribution in [0.2, 0.25) is 0 Å². The molecule has 152 valence electrons. The van der Waals surface area contributed by atoms with Crippen molar-refractivity contribution in [1.29, 1.82) is 5.26 Å². The number of aromatic nitrogens is 2. The Morgan fingerprint density at radius 3 is 2.61 bits per heavy atom. The summed E-state index contributed by atoms with van der Waals surface area (Å²) < 4.78 is 15.1. The minimum absolute atomic E-state index is 0.284. The van der Waals surface area contributed by atoms with E-state index in [4.69, 9.17) is 0 Å². The number of hydrogen-bond donors (Lipinski definition) is 1. The van der Waals surface area contributed by atoms with Crippen molar-refractivity contribution in [1.82, 2.24) is 9.78 Å². The zero-order valence-corrected chi connectivity index (χ0v) is 17.1. The van der Waals surface area contributed by atoms with Gasteiger partial charge < -0.3 is 5.11 Å². The lowest BCUT2D eigenvalue weighted by Gasteiger charge is -2.39. The molecule has 0 spiro atoms. The fourth-order valence-electron chi connectivity index (χ4n) is 4.70.